The second-order valence-electron chi connectivity index (χ2n) is 6.04. The minimum Gasteiger partial charge on any atom is -0.307 e. The van der Waals surface area contributed by atoms with E-state index in [2.05, 4.69) is 5.32 Å². The van der Waals surface area contributed by atoms with Gasteiger partial charge < -0.3 is 5.32 Å². The Morgan fingerprint density at radius 3 is 2.33 bits per heavy atom. The minimum absolute atomic E-state index is 0.161. The molecule has 1 aromatic carbocycles. The van der Waals surface area contributed by atoms with Crippen molar-refractivity contribution in [2.24, 2.45) is 0 Å². The molecule has 1 saturated heterocycles. The molecule has 0 spiro atoms. The Bertz CT molecular complexity index is 507. The summed E-state index contributed by atoms with van der Waals surface area (Å²) < 4.78 is 52.9. The van der Waals surface area contributed by atoms with Crippen LogP contribution in [0.15, 0.2) is 24.3 Å². The van der Waals surface area contributed by atoms with Crippen molar-refractivity contribution in [1.29, 1.82) is 0 Å². The van der Waals surface area contributed by atoms with E-state index in [0.717, 1.165) is 5.56 Å². The van der Waals surface area contributed by atoms with E-state index in [9.17, 15) is 17.6 Å². The van der Waals surface area contributed by atoms with Crippen molar-refractivity contribution in [3.8, 4) is 0 Å². The zero-order chi connectivity index (χ0) is 15.3. The fourth-order valence-electron chi connectivity index (χ4n) is 3.23. The van der Waals surface area contributed by atoms with E-state index in [1.807, 2.05) is 6.92 Å². The van der Waals surface area contributed by atoms with Crippen molar-refractivity contribution in [2.45, 2.75) is 43.6 Å². The number of halogens is 4. The molecule has 3 rings (SSSR count). The summed E-state index contributed by atoms with van der Waals surface area (Å²) in [6.07, 6.45) is -3.83. The molecule has 6 heteroatoms. The number of benzene rings is 1. The predicted octanol–water partition coefficient (Wildman–Crippen LogP) is 3.26. The van der Waals surface area contributed by atoms with Crippen LogP contribution in [0.5, 0.6) is 0 Å². The van der Waals surface area contributed by atoms with E-state index in [0.29, 0.717) is 13.1 Å². The summed E-state index contributed by atoms with van der Waals surface area (Å²) in [5.41, 5.74) is -0.821. The van der Waals surface area contributed by atoms with Gasteiger partial charge in [-0.3, -0.25) is 4.90 Å². The van der Waals surface area contributed by atoms with Crippen molar-refractivity contribution in [3.63, 3.8) is 0 Å². The van der Waals surface area contributed by atoms with Gasteiger partial charge in [-0.05, 0) is 37.5 Å². The summed E-state index contributed by atoms with van der Waals surface area (Å²) >= 11 is 0. The van der Waals surface area contributed by atoms with Crippen LogP contribution in [0.25, 0.3) is 0 Å². The Hall–Kier alpha value is -1.14. The third-order valence-corrected chi connectivity index (χ3v) is 4.64. The van der Waals surface area contributed by atoms with Crippen LogP contribution in [-0.2, 0) is 0 Å². The Labute approximate surface area is 121 Å². The molecule has 0 bridgehead atoms. The van der Waals surface area contributed by atoms with Crippen LogP contribution in [0, 0.1) is 5.82 Å². The lowest BCUT2D eigenvalue weighted by Gasteiger charge is -2.44. The largest absolute Gasteiger partial charge is 0.406 e. The van der Waals surface area contributed by atoms with Crippen LogP contribution in [-0.4, -0.2) is 35.7 Å². The first kappa shape index (κ1) is 14.8. The highest BCUT2D eigenvalue weighted by molar-refractivity contribution is 5.22. The van der Waals surface area contributed by atoms with Gasteiger partial charge in [0.2, 0.25) is 0 Å². The molecular weight excluding hydrogens is 284 g/mol. The molecule has 0 amide bonds. The first-order valence-electron chi connectivity index (χ1n) is 7.16. The average Bonchev–Trinajstić information content (AvgIpc) is 3.21. The van der Waals surface area contributed by atoms with Crippen LogP contribution >= 0.6 is 0 Å². The molecule has 2 aliphatic rings. The zero-order valence-electron chi connectivity index (χ0n) is 11.8. The number of hydrogen-bond acceptors (Lipinski definition) is 2. The third kappa shape index (κ3) is 2.55. The van der Waals surface area contributed by atoms with Gasteiger partial charge in [-0.15, -0.1) is 0 Å². The lowest BCUT2D eigenvalue weighted by molar-refractivity contribution is -0.205. The maximum absolute atomic E-state index is 13.3. The summed E-state index contributed by atoms with van der Waals surface area (Å²) in [5.74, 6) is -0.339. The maximum atomic E-state index is 13.3. The molecule has 2 atom stereocenters. The van der Waals surface area contributed by atoms with E-state index >= 15 is 0 Å². The standard InChI is InChI=1S/C15H18F4N2/c1-10-8-20-13(11-2-4-12(16)5-3-11)9-21(10)14(6-7-14)15(17,18)19/h2-5,10,13,20H,6-9H2,1H3. The SMILES string of the molecule is CC1CNC(c2ccc(F)cc2)CN1C1(C(F)(F)F)CC1. The molecule has 21 heavy (non-hydrogen) atoms. The molecule has 2 fully saturated rings. The van der Waals surface area contributed by atoms with Crippen LogP contribution in [0.4, 0.5) is 17.6 Å². The Morgan fingerprint density at radius 2 is 1.81 bits per heavy atom. The first-order chi connectivity index (χ1) is 9.83. The normalized spacial score (nSPS) is 29.4. The molecule has 2 nitrogen and oxygen atoms in total. The highest BCUT2D eigenvalue weighted by Gasteiger charge is 2.67. The molecule has 116 valence electrons. The summed E-state index contributed by atoms with van der Waals surface area (Å²) in [6.45, 7) is 2.62. The van der Waals surface area contributed by atoms with Crippen LogP contribution in [0.3, 0.4) is 0 Å². The van der Waals surface area contributed by atoms with Gasteiger partial charge >= 0.3 is 6.18 Å². The third-order valence-electron chi connectivity index (χ3n) is 4.64. The molecule has 1 N–H and O–H groups in total. The molecule has 1 aliphatic carbocycles. The molecule has 1 aliphatic heterocycles. The summed E-state index contributed by atoms with van der Waals surface area (Å²) in [7, 11) is 0. The molecule has 1 heterocycles. The predicted molar refractivity (Wildman–Crippen MR) is 71.3 cm³/mol. The molecule has 0 radical (unpaired) electrons. The maximum Gasteiger partial charge on any atom is 0.406 e. The van der Waals surface area contributed by atoms with Crippen molar-refractivity contribution in [1.82, 2.24) is 10.2 Å². The average molecular weight is 302 g/mol. The molecule has 1 saturated carbocycles. The minimum atomic E-state index is -4.19. The Morgan fingerprint density at radius 1 is 1.19 bits per heavy atom. The highest BCUT2D eigenvalue weighted by Crippen LogP contribution is 2.55. The van der Waals surface area contributed by atoms with Gasteiger partial charge in [0.05, 0.1) is 0 Å². The van der Waals surface area contributed by atoms with E-state index in [1.54, 1.807) is 17.0 Å². The number of hydrogen-bond donors (Lipinski definition) is 1. The summed E-state index contributed by atoms with van der Waals surface area (Å²) in [5, 5.41) is 3.25. The quantitative estimate of drug-likeness (QED) is 0.844. The van der Waals surface area contributed by atoms with Gasteiger partial charge in [-0.1, -0.05) is 12.1 Å². The van der Waals surface area contributed by atoms with Crippen molar-refractivity contribution in [3.05, 3.63) is 35.6 Å². The monoisotopic (exact) mass is 302 g/mol. The number of nitrogens with zero attached hydrogens (tertiary/aromatic N) is 1. The van der Waals surface area contributed by atoms with E-state index in [-0.39, 0.29) is 30.7 Å². The number of piperazine rings is 1. The lowest BCUT2D eigenvalue weighted by Crippen LogP contribution is -2.60. The Balaban J connectivity index is 1.81. The summed E-state index contributed by atoms with van der Waals surface area (Å²) in [4.78, 5) is 1.58. The van der Waals surface area contributed by atoms with Gasteiger partial charge in [0.1, 0.15) is 11.4 Å². The van der Waals surface area contributed by atoms with Crippen molar-refractivity contribution < 1.29 is 17.6 Å². The highest BCUT2D eigenvalue weighted by atomic mass is 19.4. The topological polar surface area (TPSA) is 15.3 Å². The van der Waals surface area contributed by atoms with Crippen LogP contribution in [0.2, 0.25) is 0 Å². The second-order valence-corrected chi connectivity index (χ2v) is 6.04. The number of alkyl halides is 3. The van der Waals surface area contributed by atoms with E-state index in [4.69, 9.17) is 0 Å². The molecule has 2 unspecified atom stereocenters. The van der Waals surface area contributed by atoms with Crippen LogP contribution < -0.4 is 5.32 Å². The van der Waals surface area contributed by atoms with E-state index in [1.165, 1.54) is 12.1 Å². The molecular formula is C15H18F4N2. The van der Waals surface area contributed by atoms with E-state index < -0.39 is 11.7 Å². The van der Waals surface area contributed by atoms with Crippen molar-refractivity contribution >= 4 is 0 Å². The Kier molecular flexibility index (Phi) is 3.48. The van der Waals surface area contributed by atoms with Gasteiger partial charge in [0.15, 0.2) is 0 Å². The smallest absolute Gasteiger partial charge is 0.307 e. The first-order valence-corrected chi connectivity index (χ1v) is 7.16. The molecule has 1 aromatic rings. The zero-order valence-corrected chi connectivity index (χ0v) is 11.8. The lowest BCUT2D eigenvalue weighted by atomic mass is 9.99. The van der Waals surface area contributed by atoms with Gasteiger partial charge in [-0.2, -0.15) is 13.2 Å². The van der Waals surface area contributed by atoms with Gasteiger partial charge in [0, 0.05) is 25.2 Å². The van der Waals surface area contributed by atoms with Gasteiger partial charge in [0.25, 0.3) is 0 Å². The van der Waals surface area contributed by atoms with Crippen LogP contribution in [0.1, 0.15) is 31.4 Å². The fourth-order valence-corrected chi connectivity index (χ4v) is 3.23. The fraction of sp³-hybridized carbons (Fsp3) is 0.600. The van der Waals surface area contributed by atoms with Crippen molar-refractivity contribution in [2.75, 3.05) is 13.1 Å². The second kappa shape index (κ2) is 4.95. The molecule has 0 aromatic heterocycles. The number of rotatable bonds is 2. The number of nitrogens with one attached hydrogen (secondary N) is 1. The van der Waals surface area contributed by atoms with Gasteiger partial charge in [-0.25, -0.2) is 4.39 Å². The summed E-state index contributed by atoms with van der Waals surface area (Å²) in [6, 6.07) is 5.60.